The van der Waals surface area contributed by atoms with Gasteiger partial charge in [0.15, 0.2) is 28.7 Å². The van der Waals surface area contributed by atoms with E-state index in [0.717, 1.165) is 12.5 Å². The normalized spacial score (nSPS) is 38.1. The number of hydrogen-bond donors (Lipinski definition) is 2. The van der Waals surface area contributed by atoms with Crippen molar-refractivity contribution in [3.8, 4) is 5.75 Å². The van der Waals surface area contributed by atoms with Gasteiger partial charge in [-0.15, -0.1) is 0 Å². The lowest BCUT2D eigenvalue weighted by molar-refractivity contribution is -0.205. The molecule has 33 heavy (non-hydrogen) atoms. The predicted molar refractivity (Wildman–Crippen MR) is 118 cm³/mol. The summed E-state index contributed by atoms with van der Waals surface area (Å²) in [5, 5.41) is 22.3. The van der Waals surface area contributed by atoms with Crippen molar-refractivity contribution in [2.24, 2.45) is 34.5 Å². The first-order chi connectivity index (χ1) is 15.1. The quantitative estimate of drug-likeness (QED) is 0.657. The summed E-state index contributed by atoms with van der Waals surface area (Å²) in [6.45, 7) is 9.80. The first kappa shape index (κ1) is 23.5. The highest BCUT2D eigenvalue weighted by atomic mass is 16.3. The molecule has 4 rings (SSSR count). The van der Waals surface area contributed by atoms with Crippen LogP contribution in [0.4, 0.5) is 0 Å². The van der Waals surface area contributed by atoms with Gasteiger partial charge < -0.3 is 10.2 Å². The van der Waals surface area contributed by atoms with Gasteiger partial charge in [-0.05, 0) is 55.2 Å². The molecule has 6 atom stereocenters. The van der Waals surface area contributed by atoms with Gasteiger partial charge in [0, 0.05) is 11.3 Å². The molecule has 2 N–H and O–H groups in total. The second-order valence-electron chi connectivity index (χ2n) is 11.1. The van der Waals surface area contributed by atoms with E-state index >= 15 is 0 Å². The van der Waals surface area contributed by atoms with E-state index in [2.05, 4.69) is 0 Å². The fourth-order valence-corrected chi connectivity index (χ4v) is 7.29. The Kier molecular flexibility index (Phi) is 4.92. The van der Waals surface area contributed by atoms with Crippen LogP contribution in [0.5, 0.6) is 5.75 Å². The largest absolute Gasteiger partial charge is 0.507 e. The molecule has 3 unspecified atom stereocenters. The van der Waals surface area contributed by atoms with Crippen LogP contribution in [-0.2, 0) is 25.6 Å². The highest BCUT2D eigenvalue weighted by Crippen LogP contribution is 2.63. The standard InChI is InChI=1S/C26H30O7/c1-11(2)18-20(29)16(13(4)27)22(31)26(33)23(32)19-21(30)17-14(12(3)7-8-15(17)28)9-24(19,5)10-25(18,26)6/h7-8,11,16,18-19,28,33H,9-10H2,1-6H3/t16?,18?,19?,24-,25-,26+/m1/s1. The lowest BCUT2D eigenvalue weighted by atomic mass is 9.40. The number of aryl methyl sites for hydroxylation is 1. The fourth-order valence-electron chi connectivity index (χ4n) is 7.29. The van der Waals surface area contributed by atoms with Gasteiger partial charge in [0.1, 0.15) is 17.5 Å². The van der Waals surface area contributed by atoms with E-state index in [1.54, 1.807) is 33.8 Å². The highest BCUT2D eigenvalue weighted by Gasteiger charge is 2.76. The number of hydrogen-bond acceptors (Lipinski definition) is 7. The summed E-state index contributed by atoms with van der Waals surface area (Å²) < 4.78 is 0. The van der Waals surface area contributed by atoms with Gasteiger partial charge in [-0.3, -0.25) is 24.0 Å². The number of carbonyl (C=O) groups is 5. The zero-order chi connectivity index (χ0) is 24.8. The predicted octanol–water partition coefficient (Wildman–Crippen LogP) is 2.40. The number of phenols is 1. The monoisotopic (exact) mass is 454 g/mol. The Hall–Kier alpha value is -2.67. The average Bonchev–Trinajstić information content (AvgIpc) is 2.67. The summed E-state index contributed by atoms with van der Waals surface area (Å²) in [6.07, 6.45) is 0.345. The van der Waals surface area contributed by atoms with Crippen LogP contribution < -0.4 is 0 Å². The number of aliphatic hydroxyl groups is 1. The number of Topliss-reactive ketones (excluding diaryl/α,β-unsaturated/α-hetero) is 5. The molecule has 3 aliphatic carbocycles. The van der Waals surface area contributed by atoms with Crippen LogP contribution in [0.1, 0.15) is 62.5 Å². The van der Waals surface area contributed by atoms with Gasteiger partial charge in [0.05, 0.1) is 11.5 Å². The number of ketones is 5. The Morgan fingerprint density at radius 2 is 1.70 bits per heavy atom. The van der Waals surface area contributed by atoms with Crippen LogP contribution in [0.2, 0.25) is 0 Å². The molecule has 1 aromatic rings. The molecule has 176 valence electrons. The highest BCUT2D eigenvalue weighted by molar-refractivity contribution is 6.32. The number of rotatable bonds is 2. The Bertz CT molecular complexity index is 1150. The second kappa shape index (κ2) is 6.92. The van der Waals surface area contributed by atoms with Crippen molar-refractivity contribution < 1.29 is 34.2 Å². The van der Waals surface area contributed by atoms with Crippen LogP contribution >= 0.6 is 0 Å². The molecule has 7 nitrogen and oxygen atoms in total. The molecular weight excluding hydrogens is 424 g/mol. The summed E-state index contributed by atoms with van der Waals surface area (Å²) in [5.41, 5.74) is -3.63. The minimum absolute atomic E-state index is 0.0425. The van der Waals surface area contributed by atoms with Crippen LogP contribution in [-0.4, -0.2) is 44.7 Å². The minimum atomic E-state index is -2.65. The van der Waals surface area contributed by atoms with E-state index in [1.165, 1.54) is 6.07 Å². The number of fused-ring (bicyclic) bond motifs is 3. The average molecular weight is 455 g/mol. The van der Waals surface area contributed by atoms with Crippen LogP contribution in [0, 0.1) is 41.4 Å². The van der Waals surface area contributed by atoms with Crippen molar-refractivity contribution in [3.63, 3.8) is 0 Å². The van der Waals surface area contributed by atoms with Gasteiger partial charge in [-0.1, -0.05) is 33.8 Å². The van der Waals surface area contributed by atoms with Crippen molar-refractivity contribution in [2.45, 2.75) is 60.0 Å². The molecule has 0 radical (unpaired) electrons. The molecule has 0 aliphatic heterocycles. The molecule has 2 fully saturated rings. The second-order valence-corrected chi connectivity index (χ2v) is 11.1. The van der Waals surface area contributed by atoms with E-state index in [0.29, 0.717) is 5.56 Å². The van der Waals surface area contributed by atoms with E-state index in [-0.39, 0.29) is 30.1 Å². The fraction of sp³-hybridized carbons (Fsp3) is 0.577. The zero-order valence-electron chi connectivity index (χ0n) is 19.8. The smallest absolute Gasteiger partial charge is 0.190 e. The number of aromatic hydroxyl groups is 1. The molecule has 2 saturated carbocycles. The Morgan fingerprint density at radius 1 is 1.09 bits per heavy atom. The SMILES string of the molecule is CC(=O)C1C(=O)C(C(C)C)[C@@]2(C)C[C@@]3(C)Cc4c(C)ccc(O)c4C(=O)C3C(=O)[C@@]2(O)C1=O. The third-order valence-corrected chi connectivity index (χ3v) is 8.50. The van der Waals surface area contributed by atoms with Gasteiger partial charge in [-0.25, -0.2) is 0 Å². The molecule has 0 amide bonds. The van der Waals surface area contributed by atoms with Crippen molar-refractivity contribution in [3.05, 3.63) is 28.8 Å². The Labute approximate surface area is 192 Å². The minimum Gasteiger partial charge on any atom is -0.507 e. The van der Waals surface area contributed by atoms with Crippen molar-refractivity contribution in [1.82, 2.24) is 0 Å². The van der Waals surface area contributed by atoms with Crippen molar-refractivity contribution >= 4 is 28.9 Å². The summed E-state index contributed by atoms with van der Waals surface area (Å²) in [4.78, 5) is 66.8. The molecule has 1 aromatic carbocycles. The third-order valence-electron chi connectivity index (χ3n) is 8.50. The lowest BCUT2D eigenvalue weighted by Gasteiger charge is -2.61. The summed E-state index contributed by atoms with van der Waals surface area (Å²) >= 11 is 0. The van der Waals surface area contributed by atoms with E-state index in [1.807, 2.05) is 6.92 Å². The summed E-state index contributed by atoms with van der Waals surface area (Å²) in [6, 6.07) is 3.10. The van der Waals surface area contributed by atoms with Crippen LogP contribution in [0.3, 0.4) is 0 Å². The van der Waals surface area contributed by atoms with Gasteiger partial charge >= 0.3 is 0 Å². The molecule has 0 aromatic heterocycles. The molecule has 0 saturated heterocycles. The number of benzene rings is 1. The van der Waals surface area contributed by atoms with E-state index in [9.17, 15) is 34.2 Å². The Morgan fingerprint density at radius 3 is 2.24 bits per heavy atom. The lowest BCUT2D eigenvalue weighted by Crippen LogP contribution is -2.76. The zero-order valence-corrected chi connectivity index (χ0v) is 19.8. The van der Waals surface area contributed by atoms with E-state index < -0.39 is 63.1 Å². The molecule has 7 heteroatoms. The number of carbonyl (C=O) groups excluding carboxylic acids is 5. The molecular formula is C26H30O7. The third kappa shape index (κ3) is 2.68. The first-order valence-electron chi connectivity index (χ1n) is 11.3. The van der Waals surface area contributed by atoms with Crippen molar-refractivity contribution in [1.29, 1.82) is 0 Å². The van der Waals surface area contributed by atoms with Crippen LogP contribution in [0.25, 0.3) is 0 Å². The van der Waals surface area contributed by atoms with Gasteiger partial charge in [0.25, 0.3) is 0 Å². The molecule has 0 heterocycles. The molecule has 0 spiro atoms. The maximum atomic E-state index is 14.0. The molecule has 0 bridgehead atoms. The summed E-state index contributed by atoms with van der Waals surface area (Å²) in [7, 11) is 0. The van der Waals surface area contributed by atoms with Gasteiger partial charge in [-0.2, -0.15) is 0 Å². The first-order valence-corrected chi connectivity index (χ1v) is 11.3. The maximum Gasteiger partial charge on any atom is 0.190 e. The Balaban J connectivity index is 2.00. The maximum absolute atomic E-state index is 14.0. The van der Waals surface area contributed by atoms with Crippen molar-refractivity contribution in [2.75, 3.05) is 0 Å². The number of phenolic OH excluding ortho intramolecular Hbond substituents is 1. The van der Waals surface area contributed by atoms with Crippen LogP contribution in [0.15, 0.2) is 12.1 Å². The van der Waals surface area contributed by atoms with E-state index in [4.69, 9.17) is 0 Å². The molecule has 3 aliphatic rings. The topological polar surface area (TPSA) is 126 Å². The summed E-state index contributed by atoms with van der Waals surface area (Å²) in [5.74, 6) is -8.64. The van der Waals surface area contributed by atoms with Gasteiger partial charge in [0.2, 0.25) is 0 Å².